The third-order valence-corrected chi connectivity index (χ3v) is 7.75. The van der Waals surface area contributed by atoms with Crippen LogP contribution in [-0.4, -0.2) is 65.9 Å². The minimum Gasteiger partial charge on any atom is -0.457 e. The molecule has 1 aromatic heterocycles. The lowest BCUT2D eigenvalue weighted by Crippen LogP contribution is -2.46. The fourth-order valence-corrected chi connectivity index (χ4v) is 4.84. The van der Waals surface area contributed by atoms with E-state index in [9.17, 15) is 27.6 Å². The summed E-state index contributed by atoms with van der Waals surface area (Å²) in [6.45, 7) is 1.83. The summed E-state index contributed by atoms with van der Waals surface area (Å²) in [6, 6.07) is 9.32. The van der Waals surface area contributed by atoms with Crippen molar-refractivity contribution < 1.29 is 32.3 Å². The van der Waals surface area contributed by atoms with Gasteiger partial charge in [0.2, 0.25) is 11.8 Å². The highest BCUT2D eigenvalue weighted by Gasteiger charge is 2.56. The number of amides is 4. The molecule has 2 fully saturated rings. The fourth-order valence-electron chi connectivity index (χ4n) is 4.84. The number of nitrogens with zero attached hydrogens (tertiary/aromatic N) is 3. The number of carbonyl (C=O) groups is 3. The molecule has 3 N–H and O–H groups in total. The van der Waals surface area contributed by atoms with Crippen LogP contribution in [0.25, 0.3) is 0 Å². The molecule has 2 aromatic carbocycles. The van der Waals surface area contributed by atoms with Crippen molar-refractivity contribution in [3.8, 4) is 11.5 Å². The van der Waals surface area contributed by atoms with Gasteiger partial charge in [0, 0.05) is 37.5 Å². The molecule has 1 saturated carbocycles. The molecule has 1 saturated heterocycles. The average molecular weight is 597 g/mol. The topological polar surface area (TPSA) is 116 Å². The second-order valence-electron chi connectivity index (χ2n) is 10.8. The number of rotatable bonds is 8. The molecule has 3 aromatic rings. The Morgan fingerprint density at radius 1 is 0.884 bits per heavy atom. The summed E-state index contributed by atoms with van der Waals surface area (Å²) in [5.74, 6) is -3.43. The minimum atomic E-state index is -1.50. The van der Waals surface area contributed by atoms with Crippen molar-refractivity contribution in [2.45, 2.75) is 31.7 Å². The molecular formula is C30H31F3N6O4. The molecule has 0 bridgehead atoms. The molecule has 10 nitrogen and oxygen atoms in total. The molecule has 1 aliphatic heterocycles. The van der Waals surface area contributed by atoms with Gasteiger partial charge in [-0.15, -0.1) is 0 Å². The van der Waals surface area contributed by atoms with Crippen LogP contribution in [0.4, 0.5) is 35.2 Å². The van der Waals surface area contributed by atoms with Gasteiger partial charge in [0.25, 0.3) is 0 Å². The van der Waals surface area contributed by atoms with E-state index in [1.54, 1.807) is 18.0 Å². The molecule has 2 heterocycles. The lowest BCUT2D eigenvalue weighted by molar-refractivity contribution is -0.131. The third kappa shape index (κ3) is 6.88. The number of aromatic nitrogens is 1. The molecule has 1 aliphatic carbocycles. The Kier molecular flexibility index (Phi) is 8.53. The molecule has 43 heavy (non-hydrogen) atoms. The van der Waals surface area contributed by atoms with Gasteiger partial charge >= 0.3 is 6.03 Å². The molecule has 4 amide bonds. The van der Waals surface area contributed by atoms with Crippen LogP contribution in [0.2, 0.25) is 0 Å². The van der Waals surface area contributed by atoms with Crippen molar-refractivity contribution in [1.82, 2.24) is 14.8 Å². The van der Waals surface area contributed by atoms with Crippen molar-refractivity contribution in [2.75, 3.05) is 43.1 Å². The van der Waals surface area contributed by atoms with Crippen LogP contribution >= 0.6 is 0 Å². The number of carbonyl (C=O) groups excluding carboxylic acids is 3. The summed E-state index contributed by atoms with van der Waals surface area (Å²) in [7, 11) is 3.80. The van der Waals surface area contributed by atoms with Crippen molar-refractivity contribution >= 4 is 35.0 Å². The Morgan fingerprint density at radius 3 is 2.09 bits per heavy atom. The van der Waals surface area contributed by atoms with E-state index in [0.29, 0.717) is 11.8 Å². The van der Waals surface area contributed by atoms with Crippen molar-refractivity contribution in [1.29, 1.82) is 0 Å². The zero-order valence-electron chi connectivity index (χ0n) is 23.6. The van der Waals surface area contributed by atoms with Gasteiger partial charge in [0.15, 0.2) is 0 Å². The summed E-state index contributed by atoms with van der Waals surface area (Å²) < 4.78 is 47.8. The predicted molar refractivity (Wildman–Crippen MR) is 153 cm³/mol. The normalized spacial score (nSPS) is 16.2. The zero-order valence-corrected chi connectivity index (χ0v) is 23.6. The Labute approximate surface area is 246 Å². The molecule has 2 aliphatic rings. The van der Waals surface area contributed by atoms with E-state index in [-0.39, 0.29) is 47.9 Å². The number of likely N-dealkylation sites (tertiary alicyclic amines) is 1. The number of hydrogen-bond acceptors (Lipinski definition) is 6. The lowest BCUT2D eigenvalue weighted by Gasteiger charge is -2.34. The monoisotopic (exact) mass is 596 g/mol. The molecular weight excluding hydrogens is 565 g/mol. The Balaban J connectivity index is 1.18. The van der Waals surface area contributed by atoms with Crippen LogP contribution < -0.4 is 20.7 Å². The summed E-state index contributed by atoms with van der Waals surface area (Å²) in [5.41, 5.74) is -1.94. The first-order chi connectivity index (χ1) is 20.5. The van der Waals surface area contributed by atoms with E-state index in [1.807, 2.05) is 7.05 Å². The number of anilines is 3. The number of piperidine rings is 1. The van der Waals surface area contributed by atoms with Crippen molar-refractivity contribution in [3.63, 3.8) is 0 Å². The highest BCUT2D eigenvalue weighted by atomic mass is 19.1. The van der Waals surface area contributed by atoms with Gasteiger partial charge in [-0.1, -0.05) is 0 Å². The first-order valence-corrected chi connectivity index (χ1v) is 13.8. The van der Waals surface area contributed by atoms with Crippen LogP contribution in [-0.2, 0) is 9.59 Å². The van der Waals surface area contributed by atoms with Gasteiger partial charge in [0.1, 0.15) is 40.2 Å². The number of urea groups is 1. The minimum absolute atomic E-state index is 0.119. The lowest BCUT2D eigenvalue weighted by atomic mass is 10.0. The number of benzene rings is 2. The molecule has 13 heteroatoms. The number of nitrogens with one attached hydrogen (secondary N) is 3. The van der Waals surface area contributed by atoms with Gasteiger partial charge in [-0.05, 0) is 76.2 Å². The number of ether oxygens (including phenoxy) is 1. The summed E-state index contributed by atoms with van der Waals surface area (Å²) in [4.78, 5) is 46.5. The fraction of sp³-hybridized carbons (Fsp3) is 0.333. The highest BCUT2D eigenvalue weighted by Crippen LogP contribution is 2.48. The first kappa shape index (κ1) is 29.8. The maximum Gasteiger partial charge on any atom is 0.323 e. The SMILES string of the molecule is CN1CCC(N(C)C(=O)Nc2cc(Oc3ccc(NC(=O)C4(C(=O)Nc5ccc(F)cc5F)CC4)c(F)c3)ccn2)CC1. The van der Waals surface area contributed by atoms with E-state index < -0.39 is 34.7 Å². The quantitative estimate of drug-likeness (QED) is 0.308. The van der Waals surface area contributed by atoms with Crippen LogP contribution in [0, 0.1) is 22.9 Å². The summed E-state index contributed by atoms with van der Waals surface area (Å²) in [6.07, 6.45) is 3.58. The first-order valence-electron chi connectivity index (χ1n) is 13.8. The molecule has 0 atom stereocenters. The summed E-state index contributed by atoms with van der Waals surface area (Å²) in [5, 5.41) is 7.48. The van der Waals surface area contributed by atoms with E-state index in [0.717, 1.165) is 44.1 Å². The van der Waals surface area contributed by atoms with E-state index in [1.165, 1.54) is 24.4 Å². The predicted octanol–water partition coefficient (Wildman–Crippen LogP) is 5.21. The second kappa shape index (κ2) is 12.3. The Morgan fingerprint density at radius 2 is 1.49 bits per heavy atom. The largest absolute Gasteiger partial charge is 0.457 e. The van der Waals surface area contributed by atoms with Gasteiger partial charge < -0.3 is 25.2 Å². The Bertz CT molecular complexity index is 1540. The third-order valence-electron chi connectivity index (χ3n) is 7.75. The molecule has 0 unspecified atom stereocenters. The molecule has 5 rings (SSSR count). The van der Waals surface area contributed by atoms with E-state index in [2.05, 4.69) is 25.8 Å². The second-order valence-corrected chi connectivity index (χ2v) is 10.8. The number of halogens is 3. The van der Waals surface area contributed by atoms with Crippen LogP contribution in [0.15, 0.2) is 54.7 Å². The summed E-state index contributed by atoms with van der Waals surface area (Å²) >= 11 is 0. The van der Waals surface area contributed by atoms with Crippen LogP contribution in [0.3, 0.4) is 0 Å². The molecule has 0 radical (unpaired) electrons. The number of hydrogen-bond donors (Lipinski definition) is 3. The van der Waals surface area contributed by atoms with Crippen molar-refractivity contribution in [3.05, 3.63) is 72.2 Å². The standard InChI is InChI=1S/C30H31F3N6O4/c1-38-13-8-19(9-14-38)39(2)29(42)37-26-17-21(7-12-34-26)43-20-4-6-25(23(33)16-20)36-28(41)30(10-11-30)27(40)35-24-5-3-18(31)15-22(24)32/h3-7,12,15-17,19H,8-11,13-14H2,1-2H3,(H,35,40)(H,36,41)(H,34,37,42). The Hall–Kier alpha value is -4.65. The molecule has 0 spiro atoms. The van der Waals surface area contributed by atoms with E-state index in [4.69, 9.17) is 4.74 Å². The maximum atomic E-state index is 14.9. The molecule has 226 valence electrons. The number of pyridine rings is 1. The smallest absolute Gasteiger partial charge is 0.323 e. The highest BCUT2D eigenvalue weighted by molar-refractivity contribution is 6.17. The average Bonchev–Trinajstić information content (AvgIpc) is 3.79. The van der Waals surface area contributed by atoms with Crippen LogP contribution in [0.5, 0.6) is 11.5 Å². The van der Waals surface area contributed by atoms with Crippen molar-refractivity contribution in [2.24, 2.45) is 5.41 Å². The van der Waals surface area contributed by atoms with Crippen LogP contribution in [0.1, 0.15) is 25.7 Å². The zero-order chi connectivity index (χ0) is 30.7. The van der Waals surface area contributed by atoms with Gasteiger partial charge in [-0.2, -0.15) is 0 Å². The van der Waals surface area contributed by atoms with Gasteiger partial charge in [0.05, 0.1) is 11.4 Å². The maximum absolute atomic E-state index is 14.9. The van der Waals surface area contributed by atoms with E-state index >= 15 is 0 Å². The van der Waals surface area contributed by atoms with Gasteiger partial charge in [-0.3, -0.25) is 14.9 Å². The van der Waals surface area contributed by atoms with Gasteiger partial charge in [-0.25, -0.2) is 22.9 Å².